The number of carbonyl (C=O) groups is 1. The minimum atomic E-state index is -0.278. The standard InChI is InChI=1S/C14H17N3O2/c1-14(5-6-19-8-14)17-13(18)11-7-9-3-2-4-10(15)12(9)16-11/h2-4,7,16H,5-6,8,15H2,1H3,(H,17,18). The number of fused-ring (bicyclic) bond motifs is 1. The van der Waals surface area contributed by atoms with E-state index in [1.54, 1.807) is 0 Å². The van der Waals surface area contributed by atoms with Crippen LogP contribution in [0.15, 0.2) is 24.3 Å². The number of aromatic nitrogens is 1. The van der Waals surface area contributed by atoms with Gasteiger partial charge in [0.05, 0.1) is 23.3 Å². The van der Waals surface area contributed by atoms with E-state index in [0.717, 1.165) is 17.3 Å². The monoisotopic (exact) mass is 259 g/mol. The van der Waals surface area contributed by atoms with Crippen molar-refractivity contribution in [2.75, 3.05) is 18.9 Å². The Bertz CT molecular complexity index is 627. The smallest absolute Gasteiger partial charge is 0.268 e. The summed E-state index contributed by atoms with van der Waals surface area (Å²) in [6.45, 7) is 3.24. The normalized spacial score (nSPS) is 22.8. The molecule has 1 aromatic heterocycles. The zero-order valence-electron chi connectivity index (χ0n) is 10.8. The van der Waals surface area contributed by atoms with E-state index in [1.807, 2.05) is 31.2 Å². The number of nitrogen functional groups attached to an aromatic ring is 1. The van der Waals surface area contributed by atoms with Gasteiger partial charge in [0, 0.05) is 12.0 Å². The Balaban J connectivity index is 1.87. The van der Waals surface area contributed by atoms with Gasteiger partial charge in [-0.3, -0.25) is 4.79 Å². The lowest BCUT2D eigenvalue weighted by Gasteiger charge is -2.22. The van der Waals surface area contributed by atoms with Gasteiger partial charge in [0.2, 0.25) is 0 Å². The third-order valence-corrected chi connectivity index (χ3v) is 3.57. The highest BCUT2D eigenvalue weighted by Crippen LogP contribution is 2.22. The lowest BCUT2D eigenvalue weighted by Crippen LogP contribution is -2.46. The highest BCUT2D eigenvalue weighted by molar-refractivity contribution is 6.01. The molecule has 2 heterocycles. The van der Waals surface area contributed by atoms with E-state index in [-0.39, 0.29) is 11.4 Å². The molecule has 0 saturated carbocycles. The van der Waals surface area contributed by atoms with Crippen LogP contribution in [0.25, 0.3) is 10.9 Å². The van der Waals surface area contributed by atoms with Crippen molar-refractivity contribution in [2.45, 2.75) is 18.9 Å². The number of carbonyl (C=O) groups excluding carboxylic acids is 1. The van der Waals surface area contributed by atoms with Crippen LogP contribution in [-0.2, 0) is 4.74 Å². The lowest BCUT2D eigenvalue weighted by atomic mass is 10.0. The zero-order chi connectivity index (χ0) is 13.5. The van der Waals surface area contributed by atoms with Crippen LogP contribution in [0.3, 0.4) is 0 Å². The third kappa shape index (κ3) is 2.17. The molecule has 1 atom stereocenters. The van der Waals surface area contributed by atoms with Crippen LogP contribution in [0.4, 0.5) is 5.69 Å². The average Bonchev–Trinajstić information content (AvgIpc) is 2.96. The first-order chi connectivity index (χ1) is 9.07. The number of amides is 1. The number of H-pyrrole nitrogens is 1. The summed E-state index contributed by atoms with van der Waals surface area (Å²) in [6, 6.07) is 7.44. The number of hydrogen-bond acceptors (Lipinski definition) is 3. The fourth-order valence-corrected chi connectivity index (χ4v) is 2.41. The molecule has 4 N–H and O–H groups in total. The van der Waals surface area contributed by atoms with Crippen LogP contribution >= 0.6 is 0 Å². The van der Waals surface area contributed by atoms with Crippen molar-refractivity contribution in [3.05, 3.63) is 30.0 Å². The first-order valence-corrected chi connectivity index (χ1v) is 6.35. The van der Waals surface area contributed by atoms with Gasteiger partial charge in [-0.2, -0.15) is 0 Å². The topological polar surface area (TPSA) is 80.1 Å². The Morgan fingerprint density at radius 1 is 1.53 bits per heavy atom. The predicted molar refractivity (Wildman–Crippen MR) is 74.0 cm³/mol. The van der Waals surface area contributed by atoms with Gasteiger partial charge in [0.15, 0.2) is 0 Å². The maximum absolute atomic E-state index is 12.2. The summed E-state index contributed by atoms with van der Waals surface area (Å²) in [6.07, 6.45) is 0.834. The van der Waals surface area contributed by atoms with Crippen molar-refractivity contribution in [3.63, 3.8) is 0 Å². The van der Waals surface area contributed by atoms with Gasteiger partial charge in [0.1, 0.15) is 5.69 Å². The van der Waals surface area contributed by atoms with Crippen molar-refractivity contribution in [1.82, 2.24) is 10.3 Å². The summed E-state index contributed by atoms with van der Waals surface area (Å²) in [4.78, 5) is 15.3. The summed E-state index contributed by atoms with van der Waals surface area (Å²) < 4.78 is 5.33. The predicted octanol–water partition coefficient (Wildman–Crippen LogP) is 1.66. The number of hydrogen-bond donors (Lipinski definition) is 3. The van der Waals surface area contributed by atoms with Crippen molar-refractivity contribution < 1.29 is 9.53 Å². The quantitative estimate of drug-likeness (QED) is 0.717. The van der Waals surface area contributed by atoms with E-state index < -0.39 is 0 Å². The van der Waals surface area contributed by atoms with Crippen LogP contribution < -0.4 is 11.1 Å². The summed E-state index contributed by atoms with van der Waals surface area (Å²) >= 11 is 0. The number of ether oxygens (including phenoxy) is 1. The van der Waals surface area contributed by atoms with Crippen LogP contribution in [0.2, 0.25) is 0 Å². The molecule has 1 amide bonds. The van der Waals surface area contributed by atoms with Gasteiger partial charge < -0.3 is 20.8 Å². The molecule has 0 spiro atoms. The van der Waals surface area contributed by atoms with Crippen molar-refractivity contribution in [2.24, 2.45) is 0 Å². The van der Waals surface area contributed by atoms with Gasteiger partial charge >= 0.3 is 0 Å². The maximum atomic E-state index is 12.2. The Labute approximate surface area is 111 Å². The molecule has 3 rings (SSSR count). The van der Waals surface area contributed by atoms with E-state index in [9.17, 15) is 4.79 Å². The number of nitrogens with one attached hydrogen (secondary N) is 2. The van der Waals surface area contributed by atoms with Gasteiger partial charge in [-0.25, -0.2) is 0 Å². The molecule has 1 aliphatic heterocycles. The van der Waals surface area contributed by atoms with Crippen LogP contribution in [0.1, 0.15) is 23.8 Å². The molecule has 2 aromatic rings. The Kier molecular flexibility index (Phi) is 2.71. The molecule has 1 aliphatic rings. The number of para-hydroxylation sites is 1. The molecule has 19 heavy (non-hydrogen) atoms. The number of benzene rings is 1. The summed E-state index contributed by atoms with van der Waals surface area (Å²) in [5, 5.41) is 3.96. The van der Waals surface area contributed by atoms with Gasteiger partial charge in [-0.15, -0.1) is 0 Å². The lowest BCUT2D eigenvalue weighted by molar-refractivity contribution is 0.0885. The minimum Gasteiger partial charge on any atom is -0.397 e. The Morgan fingerprint density at radius 3 is 3.05 bits per heavy atom. The second-order valence-electron chi connectivity index (χ2n) is 5.31. The van der Waals surface area contributed by atoms with Crippen LogP contribution in [0, 0.1) is 0 Å². The number of aromatic amines is 1. The first-order valence-electron chi connectivity index (χ1n) is 6.35. The molecule has 0 radical (unpaired) electrons. The van der Waals surface area contributed by atoms with Gasteiger partial charge in [-0.05, 0) is 25.5 Å². The molecule has 100 valence electrons. The number of anilines is 1. The second kappa shape index (κ2) is 4.28. The molecule has 1 aromatic carbocycles. The maximum Gasteiger partial charge on any atom is 0.268 e. The molecular weight excluding hydrogens is 242 g/mol. The van der Waals surface area contributed by atoms with Crippen LogP contribution in [-0.4, -0.2) is 29.6 Å². The molecule has 0 aliphatic carbocycles. The molecule has 0 bridgehead atoms. The third-order valence-electron chi connectivity index (χ3n) is 3.57. The van der Waals surface area contributed by atoms with Crippen molar-refractivity contribution in [1.29, 1.82) is 0 Å². The Hall–Kier alpha value is -2.01. The fourth-order valence-electron chi connectivity index (χ4n) is 2.41. The summed E-state index contributed by atoms with van der Waals surface area (Å²) in [7, 11) is 0. The summed E-state index contributed by atoms with van der Waals surface area (Å²) in [5.41, 5.74) is 7.58. The fraction of sp³-hybridized carbons (Fsp3) is 0.357. The first kappa shape index (κ1) is 12.0. The van der Waals surface area contributed by atoms with E-state index in [1.165, 1.54) is 0 Å². The number of nitrogens with two attached hydrogens (primary N) is 1. The minimum absolute atomic E-state index is 0.122. The number of rotatable bonds is 2. The molecule has 5 nitrogen and oxygen atoms in total. The SMILES string of the molecule is CC1(NC(=O)c2cc3cccc(N)c3[nH]2)CCOC1. The van der Waals surface area contributed by atoms with E-state index in [0.29, 0.717) is 24.6 Å². The molecule has 1 unspecified atom stereocenters. The van der Waals surface area contributed by atoms with Crippen molar-refractivity contribution >= 4 is 22.5 Å². The Morgan fingerprint density at radius 2 is 2.37 bits per heavy atom. The molecule has 5 heteroatoms. The van der Waals surface area contributed by atoms with E-state index in [2.05, 4.69) is 10.3 Å². The highest BCUT2D eigenvalue weighted by atomic mass is 16.5. The summed E-state index contributed by atoms with van der Waals surface area (Å²) in [5.74, 6) is -0.122. The van der Waals surface area contributed by atoms with Gasteiger partial charge in [-0.1, -0.05) is 12.1 Å². The van der Waals surface area contributed by atoms with Gasteiger partial charge in [0.25, 0.3) is 5.91 Å². The highest BCUT2D eigenvalue weighted by Gasteiger charge is 2.31. The van der Waals surface area contributed by atoms with E-state index >= 15 is 0 Å². The largest absolute Gasteiger partial charge is 0.397 e. The molecule has 1 fully saturated rings. The van der Waals surface area contributed by atoms with Crippen molar-refractivity contribution in [3.8, 4) is 0 Å². The molecule has 1 saturated heterocycles. The average molecular weight is 259 g/mol. The van der Waals surface area contributed by atoms with Crippen LogP contribution in [0.5, 0.6) is 0 Å². The molecular formula is C14H17N3O2. The zero-order valence-corrected chi connectivity index (χ0v) is 10.8. The second-order valence-corrected chi connectivity index (χ2v) is 5.31. The van der Waals surface area contributed by atoms with E-state index in [4.69, 9.17) is 10.5 Å².